The summed E-state index contributed by atoms with van der Waals surface area (Å²) in [5, 5.41) is 30.4. The molecule has 0 amide bonds. The Morgan fingerprint density at radius 3 is 1.45 bits per heavy atom. The predicted molar refractivity (Wildman–Crippen MR) is 87.9 cm³/mol. The molecule has 0 saturated carbocycles. The van der Waals surface area contributed by atoms with Gasteiger partial charge in [-0.15, -0.1) is 0 Å². The van der Waals surface area contributed by atoms with E-state index in [0.717, 1.165) is 16.0 Å². The van der Waals surface area contributed by atoms with Crippen LogP contribution in [0.2, 0.25) is 0 Å². The highest BCUT2D eigenvalue weighted by Crippen LogP contribution is 2.33. The zero-order valence-corrected chi connectivity index (χ0v) is 12.5. The Morgan fingerprint density at radius 2 is 1.05 bits per heavy atom. The quantitative estimate of drug-likeness (QED) is 0.647. The summed E-state index contributed by atoms with van der Waals surface area (Å²) in [5.74, 6) is 0.543. The lowest BCUT2D eigenvalue weighted by Gasteiger charge is -2.18. The fraction of sp³-hybridized carbons (Fsp3) is 0. The van der Waals surface area contributed by atoms with Gasteiger partial charge in [-0.05, 0) is 47.0 Å². The van der Waals surface area contributed by atoms with Crippen molar-refractivity contribution in [1.82, 2.24) is 4.98 Å². The average molecular weight is 311 g/mol. The second-order valence-corrected chi connectivity index (χ2v) is 6.90. The van der Waals surface area contributed by atoms with Crippen LogP contribution in [-0.2, 0) is 0 Å². The molecule has 0 saturated heterocycles. The molecule has 3 N–H and O–H groups in total. The van der Waals surface area contributed by atoms with Crippen LogP contribution in [0.25, 0.3) is 0 Å². The van der Waals surface area contributed by atoms with E-state index in [0.29, 0.717) is 0 Å². The minimum absolute atomic E-state index is 0.120. The molecule has 0 spiro atoms. The third-order valence-electron chi connectivity index (χ3n) is 3.18. The third kappa shape index (κ3) is 3.02. The standard InChI is InChI=1S/C17H14NO3P/c19-12-1-6-15(7-2-12)22(16-8-3-13(20)4-9-16)17-10-5-14(21)11-18-17/h1-11,19-21H. The maximum absolute atomic E-state index is 9.48. The molecule has 0 radical (unpaired) electrons. The molecule has 0 atom stereocenters. The Kier molecular flexibility index (Phi) is 3.94. The molecule has 0 aliphatic heterocycles. The van der Waals surface area contributed by atoms with Crippen LogP contribution in [0, 0.1) is 0 Å². The highest BCUT2D eigenvalue weighted by atomic mass is 31.1. The first-order chi connectivity index (χ1) is 10.6. The number of aromatic nitrogens is 1. The summed E-state index contributed by atoms with van der Waals surface area (Å²) >= 11 is 0. The van der Waals surface area contributed by atoms with Crippen LogP contribution in [0.5, 0.6) is 17.2 Å². The van der Waals surface area contributed by atoms with Gasteiger partial charge in [-0.1, -0.05) is 24.3 Å². The average Bonchev–Trinajstić information content (AvgIpc) is 2.53. The van der Waals surface area contributed by atoms with Crippen molar-refractivity contribution in [3.05, 3.63) is 66.9 Å². The second-order valence-electron chi connectivity index (χ2n) is 4.74. The second kappa shape index (κ2) is 6.04. The maximum Gasteiger partial charge on any atom is 0.133 e. The lowest BCUT2D eigenvalue weighted by Crippen LogP contribution is -2.22. The fourth-order valence-electron chi connectivity index (χ4n) is 2.13. The lowest BCUT2D eigenvalue weighted by atomic mass is 10.3. The molecule has 1 heterocycles. The van der Waals surface area contributed by atoms with Gasteiger partial charge in [-0.25, -0.2) is 0 Å². The van der Waals surface area contributed by atoms with Crippen molar-refractivity contribution in [2.75, 3.05) is 0 Å². The molecule has 4 nitrogen and oxygen atoms in total. The van der Waals surface area contributed by atoms with Gasteiger partial charge >= 0.3 is 0 Å². The van der Waals surface area contributed by atoms with E-state index in [9.17, 15) is 15.3 Å². The highest BCUT2D eigenvalue weighted by molar-refractivity contribution is 7.79. The molecule has 0 unspecified atom stereocenters. The fourth-order valence-corrected chi connectivity index (χ4v) is 4.25. The van der Waals surface area contributed by atoms with Gasteiger partial charge in [-0.3, -0.25) is 4.98 Å². The predicted octanol–water partition coefficient (Wildman–Crippen LogP) is 1.96. The summed E-state index contributed by atoms with van der Waals surface area (Å²) < 4.78 is 0. The number of rotatable bonds is 3. The van der Waals surface area contributed by atoms with Crippen molar-refractivity contribution in [1.29, 1.82) is 0 Å². The summed E-state index contributed by atoms with van der Waals surface area (Å²) in [6, 6.07) is 17.4. The van der Waals surface area contributed by atoms with Gasteiger partial charge in [0.2, 0.25) is 0 Å². The molecule has 1 aromatic heterocycles. The summed E-state index contributed by atoms with van der Waals surface area (Å²) in [7, 11) is -0.928. The molecular formula is C17H14NO3P. The van der Waals surface area contributed by atoms with E-state index < -0.39 is 7.92 Å². The number of phenols is 2. The molecule has 2 aromatic carbocycles. The van der Waals surface area contributed by atoms with Crippen molar-refractivity contribution in [2.24, 2.45) is 0 Å². The first-order valence-corrected chi connectivity index (χ1v) is 8.01. The van der Waals surface area contributed by atoms with Crippen LogP contribution in [-0.4, -0.2) is 20.3 Å². The topological polar surface area (TPSA) is 73.6 Å². The van der Waals surface area contributed by atoms with Crippen LogP contribution in [0.1, 0.15) is 0 Å². The molecule has 0 bridgehead atoms. The van der Waals surface area contributed by atoms with Gasteiger partial charge in [0.05, 0.1) is 11.6 Å². The van der Waals surface area contributed by atoms with E-state index in [1.54, 1.807) is 36.4 Å². The first-order valence-electron chi connectivity index (χ1n) is 6.67. The molecule has 3 rings (SSSR count). The summed E-state index contributed by atoms with van der Waals surface area (Å²) in [6.07, 6.45) is 1.42. The third-order valence-corrected chi connectivity index (χ3v) is 5.53. The van der Waals surface area contributed by atoms with Crippen molar-refractivity contribution in [3.8, 4) is 17.2 Å². The number of phenolic OH excluding ortho intramolecular Hbond substituents is 2. The zero-order chi connectivity index (χ0) is 15.5. The Morgan fingerprint density at radius 1 is 0.591 bits per heavy atom. The van der Waals surface area contributed by atoms with E-state index in [4.69, 9.17) is 0 Å². The molecule has 0 fully saturated rings. The smallest absolute Gasteiger partial charge is 0.133 e. The van der Waals surface area contributed by atoms with E-state index >= 15 is 0 Å². The summed E-state index contributed by atoms with van der Waals surface area (Å²) in [6.45, 7) is 0. The van der Waals surface area contributed by atoms with Gasteiger partial charge in [0.15, 0.2) is 0 Å². The molecule has 3 aromatic rings. The Bertz CT molecular complexity index is 647. The van der Waals surface area contributed by atoms with Crippen LogP contribution in [0.3, 0.4) is 0 Å². The van der Waals surface area contributed by atoms with Crippen LogP contribution in [0.15, 0.2) is 66.9 Å². The minimum atomic E-state index is -0.928. The normalized spacial score (nSPS) is 10.8. The van der Waals surface area contributed by atoms with Gasteiger partial charge < -0.3 is 15.3 Å². The summed E-state index contributed by atoms with van der Waals surface area (Å²) in [4.78, 5) is 4.33. The SMILES string of the molecule is Oc1ccc(P(c2ccc(O)cc2)c2ccc(O)cn2)cc1. The number of pyridine rings is 1. The van der Waals surface area contributed by atoms with Crippen LogP contribution in [0.4, 0.5) is 0 Å². The van der Waals surface area contributed by atoms with Crippen LogP contribution < -0.4 is 16.0 Å². The molecule has 5 heteroatoms. The monoisotopic (exact) mass is 311 g/mol. The number of benzene rings is 2. The van der Waals surface area contributed by atoms with Gasteiger partial charge in [0.25, 0.3) is 0 Å². The Labute approximate surface area is 129 Å². The van der Waals surface area contributed by atoms with E-state index in [1.807, 2.05) is 24.3 Å². The molecule has 110 valence electrons. The van der Waals surface area contributed by atoms with E-state index in [2.05, 4.69) is 4.98 Å². The zero-order valence-electron chi connectivity index (χ0n) is 11.6. The Hall–Kier alpha value is -2.58. The van der Waals surface area contributed by atoms with Gasteiger partial charge in [0.1, 0.15) is 17.2 Å². The number of nitrogens with zero attached hydrogens (tertiary/aromatic N) is 1. The molecule has 22 heavy (non-hydrogen) atoms. The number of hydrogen-bond donors (Lipinski definition) is 3. The molecule has 0 aliphatic carbocycles. The Balaban J connectivity index is 2.10. The lowest BCUT2D eigenvalue weighted by molar-refractivity contribution is 0.473. The van der Waals surface area contributed by atoms with Crippen molar-refractivity contribution in [3.63, 3.8) is 0 Å². The van der Waals surface area contributed by atoms with Crippen molar-refractivity contribution >= 4 is 24.0 Å². The maximum atomic E-state index is 9.48. The highest BCUT2D eigenvalue weighted by Gasteiger charge is 2.18. The van der Waals surface area contributed by atoms with E-state index in [1.165, 1.54) is 6.20 Å². The largest absolute Gasteiger partial charge is 0.508 e. The minimum Gasteiger partial charge on any atom is -0.508 e. The van der Waals surface area contributed by atoms with Gasteiger partial charge in [-0.2, -0.15) is 0 Å². The first kappa shape index (κ1) is 14.4. The number of aromatic hydroxyl groups is 3. The molecule has 0 aliphatic rings. The summed E-state index contributed by atoms with van der Waals surface area (Å²) in [5.41, 5.74) is 0.837. The van der Waals surface area contributed by atoms with Crippen molar-refractivity contribution < 1.29 is 15.3 Å². The van der Waals surface area contributed by atoms with Crippen molar-refractivity contribution in [2.45, 2.75) is 0 Å². The van der Waals surface area contributed by atoms with Crippen LogP contribution >= 0.6 is 7.92 Å². The molecular weight excluding hydrogens is 297 g/mol. The number of hydrogen-bond acceptors (Lipinski definition) is 4. The van der Waals surface area contributed by atoms with E-state index in [-0.39, 0.29) is 17.2 Å². The van der Waals surface area contributed by atoms with Gasteiger partial charge in [0, 0.05) is 7.92 Å².